The second-order valence-corrected chi connectivity index (χ2v) is 8.68. The molecule has 2 aliphatic rings. The highest BCUT2D eigenvalue weighted by atomic mass is 19.1. The highest BCUT2D eigenvalue weighted by Crippen LogP contribution is 2.44. The molecule has 1 aromatic carbocycles. The lowest BCUT2D eigenvalue weighted by Crippen LogP contribution is -2.33. The minimum atomic E-state index is -0.240. The summed E-state index contributed by atoms with van der Waals surface area (Å²) in [5, 5.41) is 15.4. The first-order valence-electron chi connectivity index (χ1n) is 10.2. The van der Waals surface area contributed by atoms with Crippen LogP contribution in [0.25, 0.3) is 11.8 Å². The van der Waals surface area contributed by atoms with E-state index in [-0.39, 0.29) is 17.3 Å². The molecular formula is C23H29FN2O. The van der Waals surface area contributed by atoms with Crippen molar-refractivity contribution in [2.24, 2.45) is 11.3 Å². The zero-order valence-electron chi connectivity index (χ0n) is 16.3. The smallest absolute Gasteiger partial charge is 0.123 e. The molecule has 0 bridgehead atoms. The number of allylic oxidation sites excluding steroid dienone is 1. The molecule has 0 spiro atoms. The molecule has 0 radical (unpaired) electrons. The van der Waals surface area contributed by atoms with Gasteiger partial charge in [0.15, 0.2) is 0 Å². The first-order valence-corrected chi connectivity index (χ1v) is 10.2. The van der Waals surface area contributed by atoms with Gasteiger partial charge in [-0.05, 0) is 79.8 Å². The van der Waals surface area contributed by atoms with Gasteiger partial charge in [-0.3, -0.25) is 0 Å². The molecule has 1 aromatic heterocycles. The van der Waals surface area contributed by atoms with Crippen LogP contribution in [0.15, 0.2) is 36.0 Å². The molecule has 2 aromatic rings. The summed E-state index contributed by atoms with van der Waals surface area (Å²) in [6.45, 7) is 4.43. The Morgan fingerprint density at radius 3 is 2.63 bits per heavy atom. The van der Waals surface area contributed by atoms with E-state index in [1.165, 1.54) is 42.5 Å². The summed E-state index contributed by atoms with van der Waals surface area (Å²) in [5.74, 6) is 0.211. The Balaban J connectivity index is 1.57. The maximum Gasteiger partial charge on any atom is 0.123 e. The fraction of sp³-hybridized carbons (Fsp3) is 0.522. The van der Waals surface area contributed by atoms with Crippen molar-refractivity contribution in [3.8, 4) is 5.69 Å². The van der Waals surface area contributed by atoms with Crippen LogP contribution in [0.5, 0.6) is 0 Å². The number of fused-ring (bicyclic) bond motifs is 1. The molecule has 1 N–H and O–H groups in total. The van der Waals surface area contributed by atoms with Gasteiger partial charge in [0.2, 0.25) is 0 Å². The summed E-state index contributed by atoms with van der Waals surface area (Å²) < 4.78 is 15.1. The van der Waals surface area contributed by atoms with E-state index in [9.17, 15) is 9.50 Å². The largest absolute Gasteiger partial charge is 0.393 e. The standard InChI is InChI=1S/C23H29FN2O/c1-16-12-21-18(15-25-26(21)20-10-8-19(24)9-11-20)13-23(16,2)14-22(27)17-6-4-3-5-7-17/h8-12,15,17,22,27H,3-7,13-14H2,1-2H3/t22?,23-/m0/s1. The predicted octanol–water partition coefficient (Wildman–Crippen LogP) is 5.31. The van der Waals surface area contributed by atoms with Crippen molar-refractivity contribution in [1.29, 1.82) is 0 Å². The minimum absolute atomic E-state index is 0.0411. The van der Waals surface area contributed by atoms with Gasteiger partial charge >= 0.3 is 0 Å². The molecule has 3 nitrogen and oxygen atoms in total. The van der Waals surface area contributed by atoms with Crippen LogP contribution in [-0.4, -0.2) is 21.0 Å². The molecule has 2 atom stereocenters. The molecule has 27 heavy (non-hydrogen) atoms. The molecule has 0 saturated heterocycles. The number of hydrogen-bond donors (Lipinski definition) is 1. The van der Waals surface area contributed by atoms with Gasteiger partial charge in [-0.1, -0.05) is 31.8 Å². The van der Waals surface area contributed by atoms with Gasteiger partial charge in [0, 0.05) is 0 Å². The molecule has 144 valence electrons. The Kier molecular flexibility index (Phi) is 4.94. The van der Waals surface area contributed by atoms with Crippen molar-refractivity contribution in [2.75, 3.05) is 0 Å². The Labute approximate surface area is 160 Å². The van der Waals surface area contributed by atoms with Gasteiger partial charge < -0.3 is 5.11 Å². The summed E-state index contributed by atoms with van der Waals surface area (Å²) in [5.41, 5.74) is 4.38. The Morgan fingerprint density at radius 1 is 1.22 bits per heavy atom. The van der Waals surface area contributed by atoms with E-state index in [0.717, 1.165) is 37.1 Å². The lowest BCUT2D eigenvalue weighted by atomic mass is 9.68. The van der Waals surface area contributed by atoms with Crippen molar-refractivity contribution >= 4 is 6.08 Å². The van der Waals surface area contributed by atoms with Crippen LogP contribution in [0.2, 0.25) is 0 Å². The minimum Gasteiger partial charge on any atom is -0.393 e. The Morgan fingerprint density at radius 2 is 1.93 bits per heavy atom. The van der Waals surface area contributed by atoms with Crippen molar-refractivity contribution in [1.82, 2.24) is 9.78 Å². The van der Waals surface area contributed by atoms with Gasteiger partial charge in [0.05, 0.1) is 23.7 Å². The summed E-state index contributed by atoms with van der Waals surface area (Å²) in [4.78, 5) is 0. The molecule has 1 saturated carbocycles. The van der Waals surface area contributed by atoms with Crippen LogP contribution in [0.4, 0.5) is 4.39 Å². The predicted molar refractivity (Wildman–Crippen MR) is 106 cm³/mol. The van der Waals surface area contributed by atoms with Crippen LogP contribution < -0.4 is 0 Å². The van der Waals surface area contributed by atoms with E-state index in [0.29, 0.717) is 5.92 Å². The molecule has 0 aliphatic heterocycles. The van der Waals surface area contributed by atoms with E-state index < -0.39 is 0 Å². The lowest BCUT2D eigenvalue weighted by Gasteiger charge is -2.38. The molecule has 4 heteroatoms. The van der Waals surface area contributed by atoms with Gasteiger partial charge in [-0.15, -0.1) is 0 Å². The average molecular weight is 368 g/mol. The van der Waals surface area contributed by atoms with Crippen molar-refractivity contribution in [2.45, 2.75) is 64.9 Å². The summed E-state index contributed by atoms with van der Waals surface area (Å²) in [6.07, 6.45) is 11.7. The van der Waals surface area contributed by atoms with Gasteiger partial charge in [-0.25, -0.2) is 9.07 Å². The lowest BCUT2D eigenvalue weighted by molar-refractivity contribution is 0.0485. The summed E-state index contributed by atoms with van der Waals surface area (Å²) in [6, 6.07) is 6.44. The fourth-order valence-electron chi connectivity index (χ4n) is 4.79. The monoisotopic (exact) mass is 368 g/mol. The van der Waals surface area contributed by atoms with Gasteiger partial charge in [-0.2, -0.15) is 5.10 Å². The first kappa shape index (κ1) is 18.4. The molecule has 0 amide bonds. The van der Waals surface area contributed by atoms with Gasteiger partial charge in [0.1, 0.15) is 5.82 Å². The normalized spacial score (nSPS) is 24.4. The third-order valence-electron chi connectivity index (χ3n) is 6.70. The molecule has 1 unspecified atom stereocenters. The molecule has 1 fully saturated rings. The number of rotatable bonds is 4. The summed E-state index contributed by atoms with van der Waals surface area (Å²) >= 11 is 0. The van der Waals surface area contributed by atoms with E-state index in [1.54, 1.807) is 12.1 Å². The van der Waals surface area contributed by atoms with E-state index >= 15 is 0 Å². The SMILES string of the molecule is CC1=Cc2c(cnn2-c2ccc(F)cc2)C[C@@]1(C)CC(O)C1CCCCC1. The number of aromatic nitrogens is 2. The van der Waals surface area contributed by atoms with Crippen LogP contribution in [0, 0.1) is 17.2 Å². The third kappa shape index (κ3) is 3.60. The zero-order chi connectivity index (χ0) is 19.0. The molecule has 1 heterocycles. The number of benzene rings is 1. The average Bonchev–Trinajstić information content (AvgIpc) is 3.05. The van der Waals surface area contributed by atoms with Crippen LogP contribution in [0.1, 0.15) is 63.6 Å². The van der Waals surface area contributed by atoms with Crippen molar-refractivity contribution < 1.29 is 9.50 Å². The van der Waals surface area contributed by atoms with E-state index in [4.69, 9.17) is 0 Å². The van der Waals surface area contributed by atoms with Crippen LogP contribution >= 0.6 is 0 Å². The maximum atomic E-state index is 13.2. The van der Waals surface area contributed by atoms with Crippen molar-refractivity contribution in [3.63, 3.8) is 0 Å². The Bertz CT molecular complexity index is 833. The number of aliphatic hydroxyl groups is 1. The summed E-state index contributed by atoms with van der Waals surface area (Å²) in [7, 11) is 0. The number of aliphatic hydroxyl groups excluding tert-OH is 1. The number of nitrogens with zero attached hydrogens (tertiary/aromatic N) is 2. The maximum absolute atomic E-state index is 13.2. The third-order valence-corrected chi connectivity index (χ3v) is 6.70. The van der Waals surface area contributed by atoms with Crippen LogP contribution in [-0.2, 0) is 6.42 Å². The molecule has 2 aliphatic carbocycles. The fourth-order valence-corrected chi connectivity index (χ4v) is 4.79. The number of halogens is 1. The van der Waals surface area contributed by atoms with E-state index in [1.807, 2.05) is 10.9 Å². The first-order chi connectivity index (χ1) is 13.0. The second-order valence-electron chi connectivity index (χ2n) is 8.68. The zero-order valence-corrected chi connectivity index (χ0v) is 16.3. The van der Waals surface area contributed by atoms with Crippen molar-refractivity contribution in [3.05, 3.63) is 53.1 Å². The number of hydrogen-bond acceptors (Lipinski definition) is 2. The topological polar surface area (TPSA) is 38.0 Å². The van der Waals surface area contributed by atoms with Crippen LogP contribution in [0.3, 0.4) is 0 Å². The molecular weight excluding hydrogens is 339 g/mol. The van der Waals surface area contributed by atoms with Gasteiger partial charge in [0.25, 0.3) is 0 Å². The highest BCUT2D eigenvalue weighted by molar-refractivity contribution is 5.60. The Hall–Kier alpha value is -1.94. The quantitative estimate of drug-likeness (QED) is 0.794. The van der Waals surface area contributed by atoms with E-state index in [2.05, 4.69) is 25.0 Å². The second kappa shape index (κ2) is 7.23. The highest BCUT2D eigenvalue weighted by Gasteiger charge is 2.36. The molecule has 4 rings (SSSR count).